The zero-order valence-electron chi connectivity index (χ0n) is 16.1. The van der Waals surface area contributed by atoms with E-state index in [1.54, 1.807) is 30.7 Å². The minimum Gasteiger partial charge on any atom is -0.495 e. The number of para-hydroxylation sites is 2. The van der Waals surface area contributed by atoms with Crippen molar-refractivity contribution >= 4 is 33.2 Å². The summed E-state index contributed by atoms with van der Waals surface area (Å²) in [6.45, 7) is 3.72. The lowest BCUT2D eigenvalue weighted by Crippen LogP contribution is -2.19. The summed E-state index contributed by atoms with van der Waals surface area (Å²) in [5, 5.41) is 15.9. The number of hydrogen-bond donors (Lipinski definition) is 1. The monoisotopic (exact) mass is 451 g/mol. The number of anilines is 1. The Morgan fingerprint density at radius 1 is 1.07 bits per heavy atom. The number of rotatable bonds is 4. The van der Waals surface area contributed by atoms with E-state index in [0.717, 1.165) is 21.3 Å². The number of fused-ring (bicyclic) bond motifs is 1. The third-order valence-corrected chi connectivity index (χ3v) is 5.17. The predicted octanol–water partition coefficient (Wildman–Crippen LogP) is 4.43. The summed E-state index contributed by atoms with van der Waals surface area (Å²) in [4.78, 5) is 12.8. The predicted molar refractivity (Wildman–Crippen MR) is 114 cm³/mol. The molecule has 0 fully saturated rings. The van der Waals surface area contributed by atoms with Gasteiger partial charge in [0.2, 0.25) is 0 Å². The zero-order valence-corrected chi connectivity index (χ0v) is 17.7. The van der Waals surface area contributed by atoms with Gasteiger partial charge in [-0.25, -0.2) is 4.52 Å². The Balaban J connectivity index is 1.75. The van der Waals surface area contributed by atoms with Gasteiger partial charge in [-0.15, -0.1) is 10.2 Å². The molecule has 1 amide bonds. The van der Waals surface area contributed by atoms with Gasteiger partial charge in [-0.05, 0) is 43.7 Å². The van der Waals surface area contributed by atoms with Crippen molar-refractivity contribution in [1.82, 2.24) is 19.8 Å². The Bertz CT molecular complexity index is 1220. The third-order valence-electron chi connectivity index (χ3n) is 4.64. The topological polar surface area (TPSA) is 81.4 Å². The van der Waals surface area contributed by atoms with Crippen LogP contribution in [0.4, 0.5) is 5.69 Å². The molecule has 146 valence electrons. The van der Waals surface area contributed by atoms with Crippen LogP contribution in [0.1, 0.15) is 21.9 Å². The van der Waals surface area contributed by atoms with Gasteiger partial charge in [-0.3, -0.25) is 4.79 Å². The number of halogens is 1. The highest BCUT2D eigenvalue weighted by Crippen LogP contribution is 2.29. The van der Waals surface area contributed by atoms with Crippen LogP contribution in [0, 0.1) is 13.8 Å². The number of methoxy groups -OCH3 is 1. The van der Waals surface area contributed by atoms with Crippen LogP contribution in [0.3, 0.4) is 0 Å². The molecule has 8 heteroatoms. The average Bonchev–Trinajstić information content (AvgIpc) is 3.06. The Hall–Kier alpha value is -3.26. The molecule has 2 aromatic carbocycles. The number of benzene rings is 2. The van der Waals surface area contributed by atoms with E-state index in [9.17, 15) is 4.79 Å². The van der Waals surface area contributed by atoms with E-state index >= 15 is 0 Å². The molecule has 0 spiro atoms. The first-order valence-corrected chi connectivity index (χ1v) is 9.72. The fourth-order valence-corrected chi connectivity index (χ4v) is 3.47. The maximum Gasteiger partial charge on any atom is 0.278 e. The molecule has 4 aromatic rings. The summed E-state index contributed by atoms with van der Waals surface area (Å²) < 4.78 is 7.94. The van der Waals surface area contributed by atoms with Crippen LogP contribution in [-0.4, -0.2) is 32.8 Å². The minimum atomic E-state index is -0.375. The molecule has 0 aliphatic rings. The van der Waals surface area contributed by atoms with Crippen molar-refractivity contribution in [3.05, 3.63) is 70.1 Å². The second kappa shape index (κ2) is 7.63. The van der Waals surface area contributed by atoms with Crippen molar-refractivity contribution in [2.24, 2.45) is 0 Å². The quantitative estimate of drug-likeness (QED) is 0.496. The fourth-order valence-electron chi connectivity index (χ4n) is 3.20. The first kappa shape index (κ1) is 19.1. The van der Waals surface area contributed by atoms with E-state index in [2.05, 4.69) is 36.5 Å². The SMILES string of the molecule is COc1ccccc1NC(=O)c1nnc2c(-c3ccc(Br)cc3)c(C)nn2c1C. The highest BCUT2D eigenvalue weighted by molar-refractivity contribution is 9.10. The summed E-state index contributed by atoms with van der Waals surface area (Å²) >= 11 is 3.45. The van der Waals surface area contributed by atoms with Crippen LogP contribution in [0.25, 0.3) is 16.8 Å². The Labute approximate surface area is 175 Å². The van der Waals surface area contributed by atoms with Gasteiger partial charge in [0.1, 0.15) is 5.75 Å². The largest absolute Gasteiger partial charge is 0.495 e. The summed E-state index contributed by atoms with van der Waals surface area (Å²) in [5.74, 6) is 0.194. The first-order chi connectivity index (χ1) is 14.0. The molecule has 0 bridgehead atoms. The normalized spacial score (nSPS) is 10.9. The molecule has 7 nitrogen and oxygen atoms in total. The number of carbonyl (C=O) groups excluding carboxylic acids is 1. The maximum atomic E-state index is 12.8. The molecule has 2 heterocycles. The number of nitrogens with zero attached hydrogens (tertiary/aromatic N) is 4. The van der Waals surface area contributed by atoms with Gasteiger partial charge >= 0.3 is 0 Å². The Morgan fingerprint density at radius 3 is 2.52 bits per heavy atom. The molecule has 29 heavy (non-hydrogen) atoms. The molecule has 0 saturated carbocycles. The molecular formula is C21H18BrN5O2. The molecular weight excluding hydrogens is 434 g/mol. The number of aromatic nitrogens is 4. The van der Waals surface area contributed by atoms with Crippen molar-refractivity contribution in [3.8, 4) is 16.9 Å². The molecule has 2 aromatic heterocycles. The second-order valence-electron chi connectivity index (χ2n) is 6.49. The van der Waals surface area contributed by atoms with E-state index in [0.29, 0.717) is 22.8 Å². The van der Waals surface area contributed by atoms with Crippen LogP contribution in [0.2, 0.25) is 0 Å². The zero-order chi connectivity index (χ0) is 20.5. The Morgan fingerprint density at radius 2 is 1.79 bits per heavy atom. The van der Waals surface area contributed by atoms with Crippen LogP contribution >= 0.6 is 15.9 Å². The standard InChI is InChI=1S/C21H18BrN5O2/c1-12-18(14-8-10-15(22)11-9-14)20-25-24-19(13(2)27(20)26-12)21(28)23-16-6-4-5-7-17(16)29-3/h4-11H,1-3H3,(H,23,28). The molecule has 0 radical (unpaired) electrons. The molecule has 0 aliphatic carbocycles. The van der Waals surface area contributed by atoms with Gasteiger partial charge in [0.05, 0.1) is 29.7 Å². The number of nitrogens with one attached hydrogen (secondary N) is 1. The molecule has 1 N–H and O–H groups in total. The Kier molecular flexibility index (Phi) is 5.02. The highest BCUT2D eigenvalue weighted by Gasteiger charge is 2.21. The smallest absolute Gasteiger partial charge is 0.278 e. The summed E-state index contributed by atoms with van der Waals surface area (Å²) in [5.41, 5.74) is 4.67. The summed E-state index contributed by atoms with van der Waals surface area (Å²) in [6.07, 6.45) is 0. The third kappa shape index (κ3) is 3.47. The van der Waals surface area contributed by atoms with Crippen molar-refractivity contribution in [1.29, 1.82) is 0 Å². The number of hydrogen-bond acceptors (Lipinski definition) is 5. The number of aryl methyl sites for hydroxylation is 2. The molecule has 0 saturated heterocycles. The van der Waals surface area contributed by atoms with Crippen molar-refractivity contribution in [3.63, 3.8) is 0 Å². The molecule has 0 unspecified atom stereocenters. The number of amides is 1. The van der Waals surface area contributed by atoms with Gasteiger partial charge in [0.15, 0.2) is 11.3 Å². The van der Waals surface area contributed by atoms with E-state index in [4.69, 9.17) is 4.74 Å². The molecule has 0 aliphatic heterocycles. The van der Waals surface area contributed by atoms with E-state index in [1.807, 2.05) is 43.3 Å². The van der Waals surface area contributed by atoms with Crippen LogP contribution in [0.15, 0.2) is 53.0 Å². The van der Waals surface area contributed by atoms with Crippen molar-refractivity contribution in [2.45, 2.75) is 13.8 Å². The molecule has 0 atom stereocenters. The van der Waals surface area contributed by atoms with Crippen LogP contribution in [-0.2, 0) is 0 Å². The maximum absolute atomic E-state index is 12.8. The summed E-state index contributed by atoms with van der Waals surface area (Å²) in [6, 6.07) is 15.1. The van der Waals surface area contributed by atoms with Crippen LogP contribution < -0.4 is 10.1 Å². The highest BCUT2D eigenvalue weighted by atomic mass is 79.9. The van der Waals surface area contributed by atoms with Crippen LogP contribution in [0.5, 0.6) is 5.75 Å². The van der Waals surface area contributed by atoms with Gasteiger partial charge < -0.3 is 10.1 Å². The second-order valence-corrected chi connectivity index (χ2v) is 7.41. The van der Waals surface area contributed by atoms with Crippen molar-refractivity contribution in [2.75, 3.05) is 12.4 Å². The van der Waals surface area contributed by atoms with Crippen molar-refractivity contribution < 1.29 is 9.53 Å². The van der Waals surface area contributed by atoms with Gasteiger partial charge in [-0.2, -0.15) is 5.10 Å². The van der Waals surface area contributed by atoms with Gasteiger partial charge in [0.25, 0.3) is 5.91 Å². The lowest BCUT2D eigenvalue weighted by molar-refractivity contribution is 0.101. The van der Waals surface area contributed by atoms with E-state index < -0.39 is 0 Å². The summed E-state index contributed by atoms with van der Waals surface area (Å²) in [7, 11) is 1.55. The van der Waals surface area contributed by atoms with E-state index in [1.165, 1.54) is 0 Å². The molecule has 4 rings (SSSR count). The fraction of sp³-hybridized carbons (Fsp3) is 0.143. The van der Waals surface area contributed by atoms with Gasteiger partial charge in [-0.1, -0.05) is 40.2 Å². The van der Waals surface area contributed by atoms with E-state index in [-0.39, 0.29) is 11.6 Å². The first-order valence-electron chi connectivity index (χ1n) is 8.92. The lowest BCUT2D eigenvalue weighted by atomic mass is 10.1. The number of carbonyl (C=O) groups is 1. The number of ether oxygens (including phenoxy) is 1. The van der Waals surface area contributed by atoms with Gasteiger partial charge in [0, 0.05) is 4.47 Å². The lowest BCUT2D eigenvalue weighted by Gasteiger charge is -2.10. The minimum absolute atomic E-state index is 0.202. The average molecular weight is 452 g/mol.